The van der Waals surface area contributed by atoms with Gasteiger partial charge in [0.2, 0.25) is 5.78 Å². The van der Waals surface area contributed by atoms with Crippen LogP contribution >= 0.6 is 34.7 Å². The Bertz CT molecular complexity index is 627. The number of thiophene rings is 1. The summed E-state index contributed by atoms with van der Waals surface area (Å²) >= 11 is 9.62. The van der Waals surface area contributed by atoms with Gasteiger partial charge in [-0.1, -0.05) is 11.6 Å². The molecule has 2 heterocycles. The Morgan fingerprint density at radius 2 is 2.16 bits per heavy atom. The van der Waals surface area contributed by atoms with Gasteiger partial charge in [-0.3, -0.25) is 4.79 Å². The summed E-state index contributed by atoms with van der Waals surface area (Å²) in [6.45, 7) is 0. The number of carbonyl (C=O) groups is 1. The minimum absolute atomic E-state index is 0.00519. The molecular formula is C14H12ClNOS2. The highest BCUT2D eigenvalue weighted by molar-refractivity contribution is 7.98. The molecule has 1 aliphatic rings. The summed E-state index contributed by atoms with van der Waals surface area (Å²) in [5.74, 6) is 2.15. The highest BCUT2D eigenvalue weighted by Crippen LogP contribution is 2.33. The van der Waals surface area contributed by atoms with Gasteiger partial charge in [-0.05, 0) is 42.0 Å². The maximum atomic E-state index is 12.5. The van der Waals surface area contributed by atoms with Gasteiger partial charge < -0.3 is 5.73 Å². The van der Waals surface area contributed by atoms with E-state index in [1.165, 1.54) is 10.4 Å². The van der Waals surface area contributed by atoms with Crippen molar-refractivity contribution >= 4 is 46.2 Å². The molecule has 3 rings (SSSR count). The maximum Gasteiger partial charge on any atom is 0.204 e. The average Bonchev–Trinajstić information content (AvgIpc) is 2.81. The minimum Gasteiger partial charge on any atom is -0.399 e. The first-order chi connectivity index (χ1) is 9.15. The van der Waals surface area contributed by atoms with E-state index in [1.807, 2.05) is 17.8 Å². The second-order valence-corrected chi connectivity index (χ2v) is 7.08. The van der Waals surface area contributed by atoms with E-state index in [2.05, 4.69) is 0 Å². The van der Waals surface area contributed by atoms with Crippen molar-refractivity contribution in [3.05, 3.63) is 50.2 Å². The molecule has 0 radical (unpaired) electrons. The van der Waals surface area contributed by atoms with E-state index in [1.54, 1.807) is 29.5 Å². The highest BCUT2D eigenvalue weighted by Gasteiger charge is 2.20. The lowest BCUT2D eigenvalue weighted by molar-refractivity contribution is 0.104. The van der Waals surface area contributed by atoms with E-state index >= 15 is 0 Å². The Morgan fingerprint density at radius 3 is 2.89 bits per heavy atom. The Hall–Kier alpha value is -0.970. The van der Waals surface area contributed by atoms with Gasteiger partial charge in [0.25, 0.3) is 0 Å². The van der Waals surface area contributed by atoms with Crippen LogP contribution in [0.4, 0.5) is 5.69 Å². The van der Waals surface area contributed by atoms with Gasteiger partial charge in [0.1, 0.15) is 0 Å². The van der Waals surface area contributed by atoms with Gasteiger partial charge in [-0.15, -0.1) is 11.3 Å². The quantitative estimate of drug-likeness (QED) is 0.673. The fourth-order valence-electron chi connectivity index (χ4n) is 2.11. The second kappa shape index (κ2) is 5.19. The van der Waals surface area contributed by atoms with Crippen LogP contribution in [0.5, 0.6) is 0 Å². The molecule has 1 aromatic heterocycles. The lowest BCUT2D eigenvalue weighted by atomic mass is 10.1. The van der Waals surface area contributed by atoms with Gasteiger partial charge in [0.15, 0.2) is 0 Å². The Morgan fingerprint density at radius 1 is 1.32 bits per heavy atom. The molecule has 0 saturated carbocycles. The smallest absolute Gasteiger partial charge is 0.204 e. The lowest BCUT2D eigenvalue weighted by Gasteiger charge is -2.08. The lowest BCUT2D eigenvalue weighted by Crippen LogP contribution is -2.00. The Kier molecular flexibility index (Phi) is 3.56. The van der Waals surface area contributed by atoms with Crippen LogP contribution in [0.15, 0.2) is 24.3 Å². The molecule has 0 saturated heterocycles. The molecular weight excluding hydrogens is 298 g/mol. The van der Waals surface area contributed by atoms with Crippen molar-refractivity contribution in [3.8, 4) is 0 Å². The number of fused-ring (bicyclic) bond motifs is 1. The fraction of sp³-hybridized carbons (Fsp3) is 0.214. The number of rotatable bonds is 2. The number of carbonyl (C=O) groups excluding carboxylic acids is 1. The van der Waals surface area contributed by atoms with Gasteiger partial charge in [0, 0.05) is 21.9 Å². The number of hydrogen-bond acceptors (Lipinski definition) is 4. The van der Waals surface area contributed by atoms with Crippen LogP contribution in [0, 0.1) is 0 Å². The first-order valence-corrected chi connectivity index (χ1v) is 8.29. The molecule has 1 aliphatic heterocycles. The van der Waals surface area contributed by atoms with E-state index < -0.39 is 0 Å². The summed E-state index contributed by atoms with van der Waals surface area (Å²) in [6.07, 6.45) is 1.06. The third-order valence-corrected chi connectivity index (χ3v) is 5.65. The third-order valence-electron chi connectivity index (χ3n) is 3.09. The molecule has 2 aromatic rings. The summed E-state index contributed by atoms with van der Waals surface area (Å²) in [5, 5.41) is 0.422. The monoisotopic (exact) mass is 309 g/mol. The van der Waals surface area contributed by atoms with E-state index in [4.69, 9.17) is 17.3 Å². The van der Waals surface area contributed by atoms with Crippen LogP contribution in [0.1, 0.15) is 25.7 Å². The van der Waals surface area contributed by atoms with E-state index in [-0.39, 0.29) is 5.78 Å². The predicted molar refractivity (Wildman–Crippen MR) is 83.5 cm³/mol. The number of nitrogens with two attached hydrogens (primary N) is 1. The summed E-state index contributed by atoms with van der Waals surface area (Å²) in [6, 6.07) is 7.05. The van der Waals surface area contributed by atoms with Crippen LogP contribution in [0.3, 0.4) is 0 Å². The van der Waals surface area contributed by atoms with Crippen molar-refractivity contribution < 1.29 is 4.79 Å². The fourth-order valence-corrected chi connectivity index (χ4v) is 4.71. The maximum absolute atomic E-state index is 12.5. The Labute approximate surface area is 125 Å². The van der Waals surface area contributed by atoms with Gasteiger partial charge in [-0.2, -0.15) is 11.8 Å². The predicted octanol–water partition coefficient (Wildman–Crippen LogP) is 4.00. The van der Waals surface area contributed by atoms with Gasteiger partial charge in [-0.25, -0.2) is 0 Å². The van der Waals surface area contributed by atoms with E-state index in [0.717, 1.165) is 22.8 Å². The summed E-state index contributed by atoms with van der Waals surface area (Å²) in [4.78, 5) is 14.6. The third kappa shape index (κ3) is 2.53. The number of anilines is 1. The van der Waals surface area contributed by atoms with Crippen molar-refractivity contribution in [2.45, 2.75) is 12.2 Å². The molecule has 0 atom stereocenters. The van der Waals surface area contributed by atoms with E-state index in [0.29, 0.717) is 16.3 Å². The highest BCUT2D eigenvalue weighted by atomic mass is 35.5. The Balaban J connectivity index is 1.97. The first kappa shape index (κ1) is 13.0. The average molecular weight is 310 g/mol. The van der Waals surface area contributed by atoms with Crippen molar-refractivity contribution in [2.75, 3.05) is 11.5 Å². The van der Waals surface area contributed by atoms with Crippen LogP contribution < -0.4 is 5.73 Å². The number of nitrogen functional groups attached to an aromatic ring is 1. The molecule has 0 unspecified atom stereocenters. The van der Waals surface area contributed by atoms with Crippen LogP contribution in [0.2, 0.25) is 5.02 Å². The number of thioether (sulfide) groups is 1. The van der Waals surface area contributed by atoms with Gasteiger partial charge >= 0.3 is 0 Å². The number of aryl methyl sites for hydroxylation is 1. The largest absolute Gasteiger partial charge is 0.399 e. The van der Waals surface area contributed by atoms with Crippen LogP contribution in [0.25, 0.3) is 0 Å². The number of hydrogen-bond donors (Lipinski definition) is 1. The number of halogens is 1. The molecule has 2 N–H and O–H groups in total. The summed E-state index contributed by atoms with van der Waals surface area (Å²) in [7, 11) is 0. The summed E-state index contributed by atoms with van der Waals surface area (Å²) < 4.78 is 0. The molecule has 0 aliphatic carbocycles. The molecule has 0 spiro atoms. The SMILES string of the molecule is Nc1ccc(C(=O)c2cc3c(s2)CCSC3)c(Cl)c1. The summed E-state index contributed by atoms with van der Waals surface area (Å²) in [5.41, 5.74) is 8.05. The molecule has 5 heteroatoms. The second-order valence-electron chi connectivity index (χ2n) is 4.43. The number of ketones is 1. The molecule has 0 bridgehead atoms. The molecule has 0 amide bonds. The normalized spacial score (nSPS) is 14.2. The number of benzene rings is 1. The van der Waals surface area contributed by atoms with Crippen molar-refractivity contribution in [3.63, 3.8) is 0 Å². The van der Waals surface area contributed by atoms with Gasteiger partial charge in [0.05, 0.1) is 9.90 Å². The molecule has 98 valence electrons. The zero-order valence-electron chi connectivity index (χ0n) is 10.1. The van der Waals surface area contributed by atoms with Crippen molar-refractivity contribution in [1.82, 2.24) is 0 Å². The molecule has 19 heavy (non-hydrogen) atoms. The standard InChI is InChI=1S/C14H12ClNOS2/c15-11-6-9(16)1-2-10(11)14(17)13-5-8-7-18-4-3-12(8)19-13/h1-2,5-6H,3-4,7,16H2. The zero-order chi connectivity index (χ0) is 13.4. The van der Waals surface area contributed by atoms with Crippen molar-refractivity contribution in [2.24, 2.45) is 0 Å². The molecule has 1 aromatic carbocycles. The zero-order valence-corrected chi connectivity index (χ0v) is 12.5. The topological polar surface area (TPSA) is 43.1 Å². The first-order valence-electron chi connectivity index (χ1n) is 5.94. The molecule has 0 fully saturated rings. The van der Waals surface area contributed by atoms with Crippen LogP contribution in [-0.4, -0.2) is 11.5 Å². The molecule has 2 nitrogen and oxygen atoms in total. The minimum atomic E-state index is -0.00519. The van der Waals surface area contributed by atoms with E-state index in [9.17, 15) is 4.79 Å². The van der Waals surface area contributed by atoms with Crippen LogP contribution in [-0.2, 0) is 12.2 Å². The van der Waals surface area contributed by atoms with Crippen molar-refractivity contribution in [1.29, 1.82) is 0 Å².